The standard InChI is InChI=1S/C16H16FNO3S/c1-12-7-8-13(17)11-15(12)18-16(19)9-10-22(20,21)14-5-3-2-4-6-14/h2-8,11H,9-10H2,1H3,(H,18,19). The van der Waals surface area contributed by atoms with Crippen molar-refractivity contribution in [1.29, 1.82) is 0 Å². The molecular weight excluding hydrogens is 305 g/mol. The van der Waals surface area contributed by atoms with Gasteiger partial charge in [-0.2, -0.15) is 0 Å². The highest BCUT2D eigenvalue weighted by Crippen LogP contribution is 2.17. The van der Waals surface area contributed by atoms with E-state index in [4.69, 9.17) is 0 Å². The minimum absolute atomic E-state index is 0.185. The Hall–Kier alpha value is -2.21. The van der Waals surface area contributed by atoms with Gasteiger partial charge in [0.2, 0.25) is 5.91 Å². The van der Waals surface area contributed by atoms with Gasteiger partial charge in [-0.05, 0) is 36.8 Å². The molecule has 2 aromatic rings. The number of hydrogen-bond acceptors (Lipinski definition) is 3. The average Bonchev–Trinajstić information content (AvgIpc) is 2.50. The third-order valence-corrected chi connectivity index (χ3v) is 4.91. The number of anilines is 1. The predicted molar refractivity (Wildman–Crippen MR) is 82.9 cm³/mol. The second-order valence-electron chi connectivity index (χ2n) is 4.89. The lowest BCUT2D eigenvalue weighted by atomic mass is 10.2. The maximum atomic E-state index is 13.1. The van der Waals surface area contributed by atoms with Crippen LogP contribution in [0.25, 0.3) is 0 Å². The van der Waals surface area contributed by atoms with E-state index in [2.05, 4.69) is 5.32 Å². The molecule has 4 nitrogen and oxygen atoms in total. The summed E-state index contributed by atoms with van der Waals surface area (Å²) in [6.07, 6.45) is -0.187. The molecule has 6 heteroatoms. The van der Waals surface area contributed by atoms with Crippen LogP contribution in [0.3, 0.4) is 0 Å². The number of benzene rings is 2. The number of amides is 1. The Balaban J connectivity index is 2.00. The Kier molecular flexibility index (Phi) is 4.92. The van der Waals surface area contributed by atoms with Crippen LogP contribution in [0.15, 0.2) is 53.4 Å². The van der Waals surface area contributed by atoms with Crippen molar-refractivity contribution < 1.29 is 17.6 Å². The van der Waals surface area contributed by atoms with Crippen LogP contribution in [0.4, 0.5) is 10.1 Å². The van der Waals surface area contributed by atoms with E-state index >= 15 is 0 Å². The van der Waals surface area contributed by atoms with E-state index in [1.807, 2.05) is 0 Å². The maximum absolute atomic E-state index is 13.1. The zero-order chi connectivity index (χ0) is 16.2. The number of carbonyl (C=O) groups is 1. The fourth-order valence-corrected chi connectivity index (χ4v) is 3.18. The molecule has 116 valence electrons. The molecule has 0 aliphatic heterocycles. The third kappa shape index (κ3) is 4.14. The van der Waals surface area contributed by atoms with E-state index in [1.54, 1.807) is 31.2 Å². The molecule has 0 aromatic heterocycles. The number of hydrogen-bond donors (Lipinski definition) is 1. The van der Waals surface area contributed by atoms with E-state index < -0.39 is 21.6 Å². The number of halogens is 1. The van der Waals surface area contributed by atoms with Crippen molar-refractivity contribution in [1.82, 2.24) is 0 Å². The van der Waals surface area contributed by atoms with Gasteiger partial charge in [-0.3, -0.25) is 4.79 Å². The molecule has 2 rings (SSSR count). The van der Waals surface area contributed by atoms with Crippen molar-refractivity contribution in [3.63, 3.8) is 0 Å². The van der Waals surface area contributed by atoms with E-state index in [0.29, 0.717) is 11.3 Å². The summed E-state index contributed by atoms with van der Waals surface area (Å²) in [7, 11) is -3.50. The minimum Gasteiger partial charge on any atom is -0.326 e. The highest BCUT2D eigenvalue weighted by molar-refractivity contribution is 7.91. The molecule has 0 radical (unpaired) electrons. The van der Waals surface area contributed by atoms with Crippen LogP contribution in [-0.2, 0) is 14.6 Å². The molecule has 0 spiro atoms. The molecule has 22 heavy (non-hydrogen) atoms. The van der Waals surface area contributed by atoms with Crippen molar-refractivity contribution in [2.24, 2.45) is 0 Å². The van der Waals surface area contributed by atoms with Crippen LogP contribution < -0.4 is 5.32 Å². The van der Waals surface area contributed by atoms with Gasteiger partial charge in [-0.15, -0.1) is 0 Å². The Morgan fingerprint density at radius 3 is 2.50 bits per heavy atom. The number of aryl methyl sites for hydroxylation is 1. The Morgan fingerprint density at radius 2 is 1.82 bits per heavy atom. The summed E-state index contributed by atoms with van der Waals surface area (Å²) < 4.78 is 37.3. The van der Waals surface area contributed by atoms with Crippen molar-refractivity contribution in [3.8, 4) is 0 Å². The van der Waals surface area contributed by atoms with Crippen LogP contribution in [0.1, 0.15) is 12.0 Å². The smallest absolute Gasteiger partial charge is 0.225 e. The van der Waals surface area contributed by atoms with Crippen molar-refractivity contribution >= 4 is 21.4 Å². The molecule has 0 saturated heterocycles. The maximum Gasteiger partial charge on any atom is 0.225 e. The highest BCUT2D eigenvalue weighted by atomic mass is 32.2. The van der Waals surface area contributed by atoms with E-state index in [1.165, 1.54) is 24.3 Å². The van der Waals surface area contributed by atoms with Crippen molar-refractivity contribution in [2.75, 3.05) is 11.1 Å². The molecule has 0 atom stereocenters. The zero-order valence-corrected chi connectivity index (χ0v) is 12.9. The summed E-state index contributed by atoms with van der Waals surface area (Å²) in [5, 5.41) is 2.53. The minimum atomic E-state index is -3.50. The van der Waals surface area contributed by atoms with Crippen molar-refractivity contribution in [2.45, 2.75) is 18.2 Å². The topological polar surface area (TPSA) is 63.2 Å². The summed E-state index contributed by atoms with van der Waals surface area (Å²) in [5.41, 5.74) is 1.06. The zero-order valence-electron chi connectivity index (χ0n) is 12.0. The fourth-order valence-electron chi connectivity index (χ4n) is 1.91. The lowest BCUT2D eigenvalue weighted by Crippen LogP contribution is -2.18. The summed E-state index contributed by atoms with van der Waals surface area (Å²) in [6.45, 7) is 1.73. The first-order chi connectivity index (χ1) is 10.4. The molecular formula is C16H16FNO3S. The van der Waals surface area contributed by atoms with Crippen LogP contribution in [0.2, 0.25) is 0 Å². The molecule has 0 fully saturated rings. The second kappa shape index (κ2) is 6.70. The molecule has 0 aliphatic rings. The lowest BCUT2D eigenvalue weighted by molar-refractivity contribution is -0.115. The fraction of sp³-hybridized carbons (Fsp3) is 0.188. The van der Waals surface area contributed by atoms with Gasteiger partial charge in [0, 0.05) is 12.1 Å². The Labute approximate surface area is 128 Å². The quantitative estimate of drug-likeness (QED) is 0.921. The van der Waals surface area contributed by atoms with E-state index in [9.17, 15) is 17.6 Å². The molecule has 0 aliphatic carbocycles. The molecule has 0 unspecified atom stereocenters. The van der Waals surface area contributed by atoms with Gasteiger partial charge in [-0.25, -0.2) is 12.8 Å². The average molecular weight is 321 g/mol. The predicted octanol–water partition coefficient (Wildman–Crippen LogP) is 2.94. The first-order valence-corrected chi connectivity index (χ1v) is 8.37. The third-order valence-electron chi connectivity index (χ3n) is 3.17. The number of rotatable bonds is 5. The number of carbonyl (C=O) groups excluding carboxylic acids is 1. The van der Waals surface area contributed by atoms with E-state index in [-0.39, 0.29) is 17.1 Å². The van der Waals surface area contributed by atoms with Crippen LogP contribution >= 0.6 is 0 Å². The summed E-state index contributed by atoms with van der Waals surface area (Å²) in [4.78, 5) is 12.0. The first-order valence-electron chi connectivity index (χ1n) is 6.72. The van der Waals surface area contributed by atoms with Crippen molar-refractivity contribution in [3.05, 3.63) is 59.9 Å². The normalized spacial score (nSPS) is 11.2. The van der Waals surface area contributed by atoms with E-state index in [0.717, 1.165) is 0 Å². The molecule has 0 bridgehead atoms. The molecule has 1 amide bonds. The SMILES string of the molecule is Cc1ccc(F)cc1NC(=O)CCS(=O)(=O)c1ccccc1. The largest absolute Gasteiger partial charge is 0.326 e. The first kappa shape index (κ1) is 16.2. The molecule has 2 aromatic carbocycles. The van der Waals surface area contributed by atoms with Crippen LogP contribution in [0.5, 0.6) is 0 Å². The lowest BCUT2D eigenvalue weighted by Gasteiger charge is -2.09. The Morgan fingerprint density at radius 1 is 1.14 bits per heavy atom. The second-order valence-corrected chi connectivity index (χ2v) is 7.00. The van der Waals surface area contributed by atoms with Crippen LogP contribution in [0, 0.1) is 12.7 Å². The monoisotopic (exact) mass is 321 g/mol. The number of nitrogens with one attached hydrogen (secondary N) is 1. The van der Waals surface area contributed by atoms with Gasteiger partial charge in [0.05, 0.1) is 10.6 Å². The summed E-state index contributed by atoms with van der Waals surface area (Å²) in [6, 6.07) is 12.0. The van der Waals surface area contributed by atoms with Gasteiger partial charge in [0.25, 0.3) is 0 Å². The van der Waals surface area contributed by atoms with Gasteiger partial charge in [0.1, 0.15) is 5.82 Å². The molecule has 1 N–H and O–H groups in total. The van der Waals surface area contributed by atoms with Gasteiger partial charge < -0.3 is 5.32 Å². The Bertz CT molecular complexity index is 773. The van der Waals surface area contributed by atoms with Gasteiger partial charge >= 0.3 is 0 Å². The van der Waals surface area contributed by atoms with Gasteiger partial charge in [-0.1, -0.05) is 24.3 Å². The summed E-state index contributed by atoms with van der Waals surface area (Å²) >= 11 is 0. The molecule has 0 saturated carbocycles. The highest BCUT2D eigenvalue weighted by Gasteiger charge is 2.16. The van der Waals surface area contributed by atoms with Crippen LogP contribution in [-0.4, -0.2) is 20.1 Å². The van der Waals surface area contributed by atoms with Gasteiger partial charge in [0.15, 0.2) is 9.84 Å². The summed E-state index contributed by atoms with van der Waals surface area (Å²) in [5.74, 6) is -1.22. The molecule has 0 heterocycles. The number of sulfone groups is 1.